The second-order valence-electron chi connectivity index (χ2n) is 6.93. The van der Waals surface area contributed by atoms with Gasteiger partial charge < -0.3 is 13.9 Å². The van der Waals surface area contributed by atoms with Crippen molar-refractivity contribution in [3.05, 3.63) is 88.1 Å². The molecule has 4 rings (SSSR count). The van der Waals surface area contributed by atoms with Crippen LogP contribution in [0.1, 0.15) is 53.0 Å². The summed E-state index contributed by atoms with van der Waals surface area (Å²) in [5, 5.41) is 0. The first-order valence-corrected chi connectivity index (χ1v) is 9.43. The number of amides is 2. The summed E-state index contributed by atoms with van der Waals surface area (Å²) in [6.07, 6.45) is 0. The average molecular weight is 437 g/mol. The largest absolute Gasteiger partial charge is 0.465 e. The average Bonchev–Trinajstić information content (AvgIpc) is 3.29. The zero-order chi connectivity index (χ0) is 23.0. The molecular weight excluding hydrogens is 421 g/mol. The number of fused-ring (bicyclic) bond motifs is 1. The third kappa shape index (κ3) is 3.64. The van der Waals surface area contributed by atoms with E-state index < -0.39 is 29.6 Å². The molecule has 0 atom stereocenters. The summed E-state index contributed by atoms with van der Waals surface area (Å²) in [5.74, 6) is -2.45. The number of methoxy groups -OCH3 is 1. The maximum absolute atomic E-state index is 13.2. The summed E-state index contributed by atoms with van der Waals surface area (Å²) in [6, 6.07) is 10.3. The van der Waals surface area contributed by atoms with Crippen molar-refractivity contribution in [2.24, 2.45) is 0 Å². The molecule has 1 aliphatic rings. The van der Waals surface area contributed by atoms with Crippen molar-refractivity contribution >= 4 is 29.4 Å². The third-order valence-electron chi connectivity index (χ3n) is 4.93. The molecule has 1 aromatic heterocycles. The number of carbonyl (C=O) groups excluding carboxylic acids is 4. The van der Waals surface area contributed by atoms with Gasteiger partial charge in [0.2, 0.25) is 0 Å². The Morgan fingerprint density at radius 2 is 1.66 bits per heavy atom. The van der Waals surface area contributed by atoms with Gasteiger partial charge in [0, 0.05) is 0 Å². The Bertz CT molecular complexity index is 1260. The molecule has 3 aromatic rings. The number of ether oxygens (including phenoxy) is 2. The summed E-state index contributed by atoms with van der Waals surface area (Å²) >= 11 is 0. The van der Waals surface area contributed by atoms with Gasteiger partial charge in [0.05, 0.1) is 29.5 Å². The van der Waals surface area contributed by atoms with Gasteiger partial charge in [-0.1, -0.05) is 0 Å². The summed E-state index contributed by atoms with van der Waals surface area (Å²) in [4.78, 5) is 50.5. The van der Waals surface area contributed by atoms with E-state index in [1.807, 2.05) is 0 Å². The number of halogens is 1. The second-order valence-corrected chi connectivity index (χ2v) is 6.93. The molecule has 0 spiro atoms. The SMILES string of the molecule is COC(=O)c1cc(COC(=O)c2ccc3c(c2)C(=O)N(c2ccc(F)cc2)C3=O)oc1C. The predicted molar refractivity (Wildman–Crippen MR) is 108 cm³/mol. The number of carbonyl (C=O) groups is 4. The van der Waals surface area contributed by atoms with Crippen LogP contribution >= 0.6 is 0 Å². The Labute approximate surface area is 181 Å². The van der Waals surface area contributed by atoms with E-state index in [0.717, 1.165) is 17.0 Å². The molecule has 0 bridgehead atoms. The van der Waals surface area contributed by atoms with Crippen LogP contribution in [-0.4, -0.2) is 30.9 Å². The number of furan rings is 1. The van der Waals surface area contributed by atoms with Crippen molar-refractivity contribution in [2.45, 2.75) is 13.5 Å². The molecule has 0 aliphatic carbocycles. The van der Waals surface area contributed by atoms with E-state index in [1.165, 1.54) is 43.5 Å². The molecule has 0 N–H and O–H groups in total. The summed E-state index contributed by atoms with van der Waals surface area (Å²) in [5.41, 5.74) is 0.663. The Balaban J connectivity index is 1.51. The first-order valence-electron chi connectivity index (χ1n) is 9.43. The number of hydrogen-bond acceptors (Lipinski definition) is 7. The Hall–Kier alpha value is -4.27. The zero-order valence-corrected chi connectivity index (χ0v) is 17.0. The van der Waals surface area contributed by atoms with Crippen molar-refractivity contribution in [2.75, 3.05) is 12.0 Å². The van der Waals surface area contributed by atoms with Gasteiger partial charge in [-0.25, -0.2) is 18.9 Å². The second kappa shape index (κ2) is 8.10. The highest BCUT2D eigenvalue weighted by atomic mass is 19.1. The highest BCUT2D eigenvalue weighted by Gasteiger charge is 2.37. The third-order valence-corrected chi connectivity index (χ3v) is 4.93. The normalized spacial score (nSPS) is 12.7. The lowest BCUT2D eigenvalue weighted by Crippen LogP contribution is -2.29. The summed E-state index contributed by atoms with van der Waals surface area (Å²) in [6.45, 7) is 1.33. The van der Waals surface area contributed by atoms with Gasteiger partial charge in [-0.2, -0.15) is 0 Å². The lowest BCUT2D eigenvalue weighted by atomic mass is 10.1. The minimum absolute atomic E-state index is 0.0376. The van der Waals surface area contributed by atoms with Crippen LogP contribution in [0.3, 0.4) is 0 Å². The molecule has 0 saturated carbocycles. The Kier molecular flexibility index (Phi) is 5.31. The maximum Gasteiger partial charge on any atom is 0.341 e. The van der Waals surface area contributed by atoms with Gasteiger partial charge in [0.15, 0.2) is 0 Å². The topological polar surface area (TPSA) is 103 Å². The molecule has 1 aliphatic heterocycles. The fraction of sp³-hybridized carbons (Fsp3) is 0.130. The molecule has 2 amide bonds. The van der Waals surface area contributed by atoms with E-state index in [9.17, 15) is 23.6 Å². The fourth-order valence-electron chi connectivity index (χ4n) is 3.34. The maximum atomic E-state index is 13.2. The lowest BCUT2D eigenvalue weighted by Gasteiger charge is -2.13. The van der Waals surface area contributed by atoms with Crippen molar-refractivity contribution in [3.8, 4) is 0 Å². The van der Waals surface area contributed by atoms with Crippen LogP contribution < -0.4 is 4.90 Å². The van der Waals surface area contributed by atoms with E-state index in [4.69, 9.17) is 9.15 Å². The molecule has 2 heterocycles. The fourth-order valence-corrected chi connectivity index (χ4v) is 3.34. The smallest absolute Gasteiger partial charge is 0.341 e. The van der Waals surface area contributed by atoms with Crippen molar-refractivity contribution in [1.82, 2.24) is 0 Å². The summed E-state index contributed by atoms with van der Waals surface area (Å²) in [7, 11) is 1.24. The van der Waals surface area contributed by atoms with E-state index in [-0.39, 0.29) is 40.3 Å². The van der Waals surface area contributed by atoms with Crippen molar-refractivity contribution in [1.29, 1.82) is 0 Å². The van der Waals surface area contributed by atoms with Crippen LogP contribution in [0.4, 0.5) is 10.1 Å². The molecule has 32 heavy (non-hydrogen) atoms. The molecule has 8 nitrogen and oxygen atoms in total. The highest BCUT2D eigenvalue weighted by molar-refractivity contribution is 6.34. The number of imide groups is 1. The van der Waals surface area contributed by atoms with Crippen LogP contribution in [0.5, 0.6) is 0 Å². The monoisotopic (exact) mass is 437 g/mol. The molecule has 162 valence electrons. The minimum Gasteiger partial charge on any atom is -0.465 e. The standard InChI is InChI=1S/C23H16FNO7/c1-12-18(23(29)30-2)10-16(32-12)11-31-22(28)13-3-8-17-19(9-13)21(27)25(20(17)26)15-6-4-14(24)5-7-15/h3-10H,11H2,1-2H3. The lowest BCUT2D eigenvalue weighted by molar-refractivity contribution is 0.0443. The quantitative estimate of drug-likeness (QED) is 0.443. The predicted octanol–water partition coefficient (Wildman–Crippen LogP) is 3.67. The van der Waals surface area contributed by atoms with Crippen LogP contribution in [-0.2, 0) is 16.1 Å². The molecule has 9 heteroatoms. The van der Waals surface area contributed by atoms with E-state index in [1.54, 1.807) is 6.92 Å². The van der Waals surface area contributed by atoms with E-state index in [0.29, 0.717) is 5.76 Å². The molecule has 0 fully saturated rings. The minimum atomic E-state index is -0.748. The molecular formula is C23H16FNO7. The van der Waals surface area contributed by atoms with Gasteiger partial charge in [-0.05, 0) is 55.5 Å². The van der Waals surface area contributed by atoms with Gasteiger partial charge in [0.1, 0.15) is 29.5 Å². The number of anilines is 1. The molecule has 0 unspecified atom stereocenters. The van der Waals surface area contributed by atoms with E-state index in [2.05, 4.69) is 4.74 Å². The van der Waals surface area contributed by atoms with E-state index >= 15 is 0 Å². The number of benzene rings is 2. The molecule has 0 saturated heterocycles. The molecule has 0 radical (unpaired) electrons. The number of rotatable bonds is 5. The van der Waals surface area contributed by atoms with Gasteiger partial charge >= 0.3 is 11.9 Å². The number of aryl methyl sites for hydroxylation is 1. The Morgan fingerprint density at radius 1 is 0.969 bits per heavy atom. The highest BCUT2D eigenvalue weighted by Crippen LogP contribution is 2.29. The number of esters is 2. The van der Waals surface area contributed by atoms with Gasteiger partial charge in [0.25, 0.3) is 11.8 Å². The van der Waals surface area contributed by atoms with Crippen LogP contribution in [0.2, 0.25) is 0 Å². The van der Waals surface area contributed by atoms with Crippen LogP contribution in [0.15, 0.2) is 52.9 Å². The van der Waals surface area contributed by atoms with Gasteiger partial charge in [-0.15, -0.1) is 0 Å². The van der Waals surface area contributed by atoms with Gasteiger partial charge in [-0.3, -0.25) is 9.59 Å². The number of nitrogens with zero attached hydrogens (tertiary/aromatic N) is 1. The zero-order valence-electron chi connectivity index (χ0n) is 17.0. The first kappa shape index (κ1) is 21.0. The first-order chi connectivity index (χ1) is 15.3. The number of hydrogen-bond donors (Lipinski definition) is 0. The Morgan fingerprint density at radius 3 is 2.34 bits per heavy atom. The van der Waals surface area contributed by atoms with Crippen molar-refractivity contribution < 1.29 is 37.5 Å². The van der Waals surface area contributed by atoms with Crippen LogP contribution in [0, 0.1) is 12.7 Å². The molecule has 2 aromatic carbocycles. The van der Waals surface area contributed by atoms with Crippen LogP contribution in [0.25, 0.3) is 0 Å². The summed E-state index contributed by atoms with van der Waals surface area (Å²) < 4.78 is 28.4. The van der Waals surface area contributed by atoms with Crippen molar-refractivity contribution in [3.63, 3.8) is 0 Å².